The first-order valence-corrected chi connectivity index (χ1v) is 7.07. The Labute approximate surface area is 99.9 Å². The van der Waals surface area contributed by atoms with E-state index in [9.17, 15) is 0 Å². The second kappa shape index (κ2) is 3.79. The topological polar surface area (TPSA) is 0 Å². The van der Waals surface area contributed by atoms with Gasteiger partial charge >= 0.3 is 0 Å². The summed E-state index contributed by atoms with van der Waals surface area (Å²) < 4.78 is 4.22. The molecule has 0 fully saturated rings. The van der Waals surface area contributed by atoms with E-state index in [-0.39, 0.29) is 0 Å². The lowest BCUT2D eigenvalue weighted by Gasteiger charge is -1.95. The van der Waals surface area contributed by atoms with E-state index in [0.29, 0.717) is 0 Å². The summed E-state index contributed by atoms with van der Waals surface area (Å²) >= 11 is 6.15. The molecule has 0 radical (unpaired) electrons. The predicted molar refractivity (Wildman–Crippen MR) is 71.1 cm³/mol. The summed E-state index contributed by atoms with van der Waals surface area (Å²) in [6, 6.07) is 6.51. The molecule has 2 aromatic rings. The van der Waals surface area contributed by atoms with Crippen molar-refractivity contribution in [3.63, 3.8) is 0 Å². The van der Waals surface area contributed by atoms with Crippen LogP contribution in [-0.4, -0.2) is 6.26 Å². The minimum atomic E-state index is 1.36. The van der Waals surface area contributed by atoms with Gasteiger partial charge in [0, 0.05) is 13.7 Å². The minimum Gasteiger partial charge on any atom is -0.129 e. The second-order valence-corrected chi connectivity index (χ2v) is 6.12. The Kier molecular flexibility index (Phi) is 2.86. The molecule has 0 aliphatic heterocycles. The average Bonchev–Trinajstić information content (AvgIpc) is 2.44. The van der Waals surface area contributed by atoms with Gasteiger partial charge in [0.05, 0.1) is 4.21 Å². The van der Waals surface area contributed by atoms with Gasteiger partial charge in [-0.25, -0.2) is 0 Å². The Morgan fingerprint density at radius 1 is 1.38 bits per heavy atom. The van der Waals surface area contributed by atoms with Gasteiger partial charge < -0.3 is 0 Å². The number of benzene rings is 1. The van der Waals surface area contributed by atoms with E-state index in [1.54, 1.807) is 0 Å². The van der Waals surface area contributed by atoms with Crippen LogP contribution < -0.4 is 0 Å². The highest BCUT2D eigenvalue weighted by molar-refractivity contribution is 14.1. The molecule has 0 aliphatic rings. The molecule has 0 bridgehead atoms. The fraction of sp³-hybridized carbons (Fsp3) is 0.200. The summed E-state index contributed by atoms with van der Waals surface area (Å²) in [5, 5.41) is 1.44. The molecule has 0 spiro atoms. The molecule has 13 heavy (non-hydrogen) atoms. The highest BCUT2D eigenvalue weighted by Crippen LogP contribution is 2.38. The lowest BCUT2D eigenvalue weighted by atomic mass is 10.2. The summed E-state index contributed by atoms with van der Waals surface area (Å²) in [6.45, 7) is 2.22. The van der Waals surface area contributed by atoms with E-state index < -0.39 is 0 Å². The monoisotopic (exact) mass is 320 g/mol. The van der Waals surface area contributed by atoms with Crippen molar-refractivity contribution in [2.45, 2.75) is 11.1 Å². The molecule has 0 N–H and O–H groups in total. The third kappa shape index (κ3) is 1.62. The Morgan fingerprint density at radius 2 is 2.15 bits per heavy atom. The van der Waals surface area contributed by atoms with Crippen molar-refractivity contribution < 1.29 is 0 Å². The molecule has 68 valence electrons. The van der Waals surface area contributed by atoms with E-state index in [2.05, 4.69) is 54.0 Å². The van der Waals surface area contributed by atoms with Crippen molar-refractivity contribution in [3.8, 4) is 0 Å². The zero-order valence-electron chi connectivity index (χ0n) is 7.43. The fourth-order valence-electron chi connectivity index (χ4n) is 1.43. The maximum Gasteiger partial charge on any atom is 0.0638 e. The fourth-order valence-corrected chi connectivity index (χ4v) is 4.49. The zero-order chi connectivity index (χ0) is 9.42. The van der Waals surface area contributed by atoms with Gasteiger partial charge in [-0.1, -0.05) is 6.07 Å². The largest absolute Gasteiger partial charge is 0.129 e. The van der Waals surface area contributed by atoms with Crippen LogP contribution in [0.15, 0.2) is 22.4 Å². The lowest BCUT2D eigenvalue weighted by Crippen LogP contribution is -1.74. The van der Waals surface area contributed by atoms with Gasteiger partial charge in [0.2, 0.25) is 0 Å². The summed E-state index contributed by atoms with van der Waals surface area (Å²) in [5.74, 6) is 0. The van der Waals surface area contributed by atoms with E-state index in [1.165, 1.54) is 23.4 Å². The van der Waals surface area contributed by atoms with E-state index >= 15 is 0 Å². The number of thioether (sulfide) groups is 1. The Bertz CT molecular complexity index is 445. The number of hydrogen-bond acceptors (Lipinski definition) is 2. The van der Waals surface area contributed by atoms with Crippen molar-refractivity contribution in [2.24, 2.45) is 0 Å². The number of rotatable bonds is 1. The van der Waals surface area contributed by atoms with Crippen molar-refractivity contribution >= 4 is 55.8 Å². The molecule has 0 unspecified atom stereocenters. The number of fused-ring (bicyclic) bond motifs is 1. The quantitative estimate of drug-likeness (QED) is 0.549. The smallest absolute Gasteiger partial charge is 0.0638 e. The molecule has 1 aromatic carbocycles. The molecule has 1 aromatic heterocycles. The molecule has 1 heterocycles. The van der Waals surface area contributed by atoms with E-state index in [4.69, 9.17) is 0 Å². The second-order valence-electron chi connectivity index (χ2n) is 2.83. The third-order valence-corrected chi connectivity index (χ3v) is 5.42. The van der Waals surface area contributed by atoms with Crippen molar-refractivity contribution in [1.82, 2.24) is 0 Å². The zero-order valence-corrected chi connectivity index (χ0v) is 11.2. The standard InChI is InChI=1S/C10H9IS2/c1-6-9-7(11)4-3-5-8(9)13-10(6)12-2/h3-5H,1-2H3. The maximum absolute atomic E-state index is 2.41. The molecule has 2 rings (SSSR count). The predicted octanol–water partition coefficient (Wildman–Crippen LogP) is 4.54. The van der Waals surface area contributed by atoms with Crippen LogP contribution in [0.2, 0.25) is 0 Å². The molecular formula is C10H9IS2. The summed E-state index contributed by atoms with van der Waals surface area (Å²) in [7, 11) is 0. The van der Waals surface area contributed by atoms with Crippen LogP contribution in [0.1, 0.15) is 5.56 Å². The molecule has 0 saturated carbocycles. The molecule has 0 aliphatic carbocycles. The van der Waals surface area contributed by atoms with Crippen LogP contribution in [0.4, 0.5) is 0 Å². The summed E-state index contributed by atoms with van der Waals surface area (Å²) in [4.78, 5) is 0. The molecule has 0 amide bonds. The van der Waals surface area contributed by atoms with Gasteiger partial charge in [-0.05, 0) is 53.5 Å². The first-order valence-electron chi connectivity index (χ1n) is 3.95. The Balaban J connectivity index is 2.85. The molecule has 0 saturated heterocycles. The first-order chi connectivity index (χ1) is 6.24. The number of hydrogen-bond donors (Lipinski definition) is 0. The van der Waals surface area contributed by atoms with Gasteiger partial charge in [-0.3, -0.25) is 0 Å². The maximum atomic E-state index is 2.41. The van der Waals surface area contributed by atoms with E-state index in [1.807, 2.05) is 23.1 Å². The molecular weight excluding hydrogens is 311 g/mol. The Morgan fingerprint density at radius 3 is 2.77 bits per heavy atom. The normalized spacial score (nSPS) is 11.0. The van der Waals surface area contributed by atoms with Gasteiger partial charge in [0.25, 0.3) is 0 Å². The SMILES string of the molecule is CSc1sc2cccc(I)c2c1C. The van der Waals surface area contributed by atoms with E-state index in [0.717, 1.165) is 0 Å². The number of aryl methyl sites for hydroxylation is 1. The lowest BCUT2D eigenvalue weighted by molar-refractivity contribution is 1.46. The van der Waals surface area contributed by atoms with Gasteiger partial charge in [-0.2, -0.15) is 0 Å². The Hall–Kier alpha value is 0.260. The van der Waals surface area contributed by atoms with Gasteiger partial charge in [0.1, 0.15) is 0 Å². The van der Waals surface area contributed by atoms with Crippen LogP contribution in [0, 0.1) is 10.5 Å². The third-order valence-electron chi connectivity index (χ3n) is 2.04. The van der Waals surface area contributed by atoms with Crippen LogP contribution >= 0.6 is 45.7 Å². The summed E-state index contributed by atoms with van der Waals surface area (Å²) in [5.41, 5.74) is 1.44. The first kappa shape index (κ1) is 9.80. The van der Waals surface area contributed by atoms with Crippen LogP contribution in [0.3, 0.4) is 0 Å². The van der Waals surface area contributed by atoms with Crippen LogP contribution in [0.25, 0.3) is 10.1 Å². The molecule has 3 heteroatoms. The number of halogens is 1. The highest BCUT2D eigenvalue weighted by Gasteiger charge is 2.09. The van der Waals surface area contributed by atoms with Crippen molar-refractivity contribution in [1.29, 1.82) is 0 Å². The minimum absolute atomic E-state index is 1.36. The molecule has 0 nitrogen and oxygen atoms in total. The van der Waals surface area contributed by atoms with Gasteiger partial charge in [-0.15, -0.1) is 23.1 Å². The van der Waals surface area contributed by atoms with Crippen LogP contribution in [-0.2, 0) is 0 Å². The highest BCUT2D eigenvalue weighted by atomic mass is 127. The van der Waals surface area contributed by atoms with Crippen molar-refractivity contribution in [2.75, 3.05) is 6.26 Å². The average molecular weight is 320 g/mol. The van der Waals surface area contributed by atoms with Crippen LogP contribution in [0.5, 0.6) is 0 Å². The number of thiophene rings is 1. The summed E-state index contributed by atoms with van der Waals surface area (Å²) in [6.07, 6.45) is 2.14. The van der Waals surface area contributed by atoms with Gasteiger partial charge in [0.15, 0.2) is 0 Å². The molecule has 0 atom stereocenters. The van der Waals surface area contributed by atoms with Crippen molar-refractivity contribution in [3.05, 3.63) is 27.3 Å².